The maximum Gasteiger partial charge on any atom is 0.417 e. The van der Waals surface area contributed by atoms with E-state index < -0.39 is 53.2 Å². The van der Waals surface area contributed by atoms with Gasteiger partial charge in [-0.1, -0.05) is 11.6 Å². The Balaban J connectivity index is 2.20. The van der Waals surface area contributed by atoms with Gasteiger partial charge in [-0.25, -0.2) is 13.8 Å². The van der Waals surface area contributed by atoms with E-state index in [2.05, 4.69) is 14.7 Å². The van der Waals surface area contributed by atoms with Gasteiger partial charge >= 0.3 is 12.8 Å². The molecule has 0 N–H and O–H groups in total. The molecule has 0 fully saturated rings. The largest absolute Gasteiger partial charge is 0.431 e. The average Bonchev–Trinajstić information content (AvgIpc) is 2.58. The summed E-state index contributed by atoms with van der Waals surface area (Å²) in [6.45, 7) is -3.41. The van der Waals surface area contributed by atoms with Crippen LogP contribution in [0.4, 0.5) is 30.7 Å². The van der Waals surface area contributed by atoms with Crippen LogP contribution in [-0.4, -0.2) is 16.2 Å². The summed E-state index contributed by atoms with van der Waals surface area (Å²) < 4.78 is 98.1. The van der Waals surface area contributed by atoms with Crippen molar-refractivity contribution in [1.82, 2.24) is 9.55 Å². The number of rotatable bonds is 3. The zero-order valence-corrected chi connectivity index (χ0v) is 15.4. The zero-order chi connectivity index (χ0) is 21.6. The molecule has 2 aromatic heterocycles. The lowest BCUT2D eigenvalue weighted by Gasteiger charge is -2.29. The molecule has 1 aliphatic rings. The molecular formula is C17H13ClF7N3O. The van der Waals surface area contributed by atoms with E-state index >= 15 is 0 Å². The first-order chi connectivity index (χ1) is 13.4. The second-order valence-corrected chi connectivity index (χ2v) is 6.72. The third-order valence-corrected chi connectivity index (χ3v) is 4.68. The maximum absolute atomic E-state index is 14.3. The Labute approximate surface area is 164 Å². The van der Waals surface area contributed by atoms with Crippen molar-refractivity contribution in [1.29, 1.82) is 0 Å². The molecular weight excluding hydrogens is 431 g/mol. The molecule has 0 saturated heterocycles. The molecule has 0 spiro atoms. The molecule has 1 aliphatic carbocycles. The Kier molecular flexibility index (Phi) is 5.54. The quantitative estimate of drug-likeness (QED) is 0.482. The summed E-state index contributed by atoms with van der Waals surface area (Å²) in [5, 5.41) is -0.423. The monoisotopic (exact) mass is 443 g/mol. The summed E-state index contributed by atoms with van der Waals surface area (Å²) in [7, 11) is 1.16. The van der Waals surface area contributed by atoms with Crippen LogP contribution in [0.5, 0.6) is 5.75 Å². The summed E-state index contributed by atoms with van der Waals surface area (Å²) in [6, 6.07) is 0.691. The molecule has 0 aliphatic heterocycles. The lowest BCUT2D eigenvalue weighted by Crippen LogP contribution is -2.28. The summed E-state index contributed by atoms with van der Waals surface area (Å²) in [5.74, 6) is -4.09. The van der Waals surface area contributed by atoms with Gasteiger partial charge in [0.05, 0.1) is 17.2 Å². The number of hydrogen-bond donors (Lipinski definition) is 0. The van der Waals surface area contributed by atoms with Crippen LogP contribution in [0, 0.1) is 0 Å². The Morgan fingerprint density at radius 1 is 1.34 bits per heavy atom. The Hall–Kier alpha value is -2.30. The fourth-order valence-electron chi connectivity index (χ4n) is 3.15. The van der Waals surface area contributed by atoms with Gasteiger partial charge < -0.3 is 9.30 Å². The van der Waals surface area contributed by atoms with Crippen LogP contribution in [0.3, 0.4) is 0 Å². The van der Waals surface area contributed by atoms with E-state index in [4.69, 9.17) is 11.6 Å². The molecule has 1 unspecified atom stereocenters. The van der Waals surface area contributed by atoms with Crippen molar-refractivity contribution in [2.75, 3.05) is 0 Å². The normalized spacial score (nSPS) is 19.4. The van der Waals surface area contributed by atoms with Gasteiger partial charge in [0.25, 0.3) is 5.92 Å². The van der Waals surface area contributed by atoms with Crippen molar-refractivity contribution in [3.8, 4) is 5.75 Å². The van der Waals surface area contributed by atoms with E-state index in [1.807, 2.05) is 0 Å². The molecule has 3 rings (SSSR count). The van der Waals surface area contributed by atoms with Crippen molar-refractivity contribution < 1.29 is 35.5 Å². The molecule has 0 aromatic carbocycles. The first kappa shape index (κ1) is 21.4. The molecule has 0 saturated carbocycles. The summed E-state index contributed by atoms with van der Waals surface area (Å²) in [5.41, 5.74) is -2.10. The van der Waals surface area contributed by atoms with Crippen molar-refractivity contribution in [2.24, 2.45) is 12.0 Å². The number of aryl methyl sites for hydroxylation is 1. The minimum Gasteiger partial charge on any atom is -0.431 e. The molecule has 158 valence electrons. The van der Waals surface area contributed by atoms with Crippen LogP contribution in [0.25, 0.3) is 0 Å². The minimum absolute atomic E-state index is 0.0177. The maximum atomic E-state index is 14.3. The number of halogens is 8. The van der Waals surface area contributed by atoms with Gasteiger partial charge in [-0.15, -0.1) is 0 Å². The van der Waals surface area contributed by atoms with E-state index in [0.717, 1.165) is 11.6 Å². The molecule has 2 heterocycles. The van der Waals surface area contributed by atoms with Gasteiger partial charge in [0, 0.05) is 25.9 Å². The topological polar surface area (TPSA) is 39.4 Å². The van der Waals surface area contributed by atoms with Crippen molar-refractivity contribution >= 4 is 11.6 Å². The molecule has 0 amide bonds. The van der Waals surface area contributed by atoms with E-state index in [0.29, 0.717) is 12.3 Å². The van der Waals surface area contributed by atoms with Gasteiger partial charge in [-0.05, 0) is 24.1 Å². The highest BCUT2D eigenvalue weighted by molar-refractivity contribution is 6.30. The standard InChI is InChI=1S/C17H13ClF7N3O/c1-28-7-8(17(23,24)25)6-11(29-15(19)20)14(28)27-10-2-4-16(21,22)12-9(10)3-5-26-13(12)18/h3,5-7,10,15H,2,4H2,1H3. The molecule has 1 atom stereocenters. The van der Waals surface area contributed by atoms with Crippen LogP contribution in [-0.2, 0) is 19.1 Å². The Morgan fingerprint density at radius 2 is 2.03 bits per heavy atom. The lowest BCUT2D eigenvalue weighted by molar-refractivity contribution is -0.138. The number of pyridine rings is 2. The number of aromatic nitrogens is 2. The molecule has 0 radical (unpaired) electrons. The van der Waals surface area contributed by atoms with Crippen LogP contribution in [0.1, 0.15) is 35.6 Å². The van der Waals surface area contributed by atoms with Gasteiger partial charge in [0.15, 0.2) is 11.2 Å². The number of hydrogen-bond acceptors (Lipinski definition) is 3. The minimum atomic E-state index is -4.81. The Morgan fingerprint density at radius 3 is 2.66 bits per heavy atom. The van der Waals surface area contributed by atoms with Crippen LogP contribution >= 0.6 is 11.6 Å². The highest BCUT2D eigenvalue weighted by Gasteiger charge is 2.43. The molecule has 0 bridgehead atoms. The van der Waals surface area contributed by atoms with Gasteiger partial charge in [0.1, 0.15) is 5.15 Å². The molecule has 29 heavy (non-hydrogen) atoms. The lowest BCUT2D eigenvalue weighted by atomic mass is 9.86. The smallest absolute Gasteiger partial charge is 0.417 e. The molecule has 2 aromatic rings. The van der Waals surface area contributed by atoms with E-state index in [1.165, 1.54) is 12.3 Å². The van der Waals surface area contributed by atoms with Crippen molar-refractivity contribution in [2.45, 2.75) is 37.6 Å². The highest BCUT2D eigenvalue weighted by atomic mass is 35.5. The van der Waals surface area contributed by atoms with Crippen molar-refractivity contribution in [3.05, 3.63) is 51.9 Å². The second kappa shape index (κ2) is 7.51. The third-order valence-electron chi connectivity index (χ3n) is 4.39. The van der Waals surface area contributed by atoms with Crippen LogP contribution in [0.15, 0.2) is 29.5 Å². The van der Waals surface area contributed by atoms with Gasteiger partial charge in [-0.2, -0.15) is 22.0 Å². The third kappa shape index (κ3) is 4.34. The van der Waals surface area contributed by atoms with Gasteiger partial charge in [0.2, 0.25) is 0 Å². The summed E-state index contributed by atoms with van der Waals surface area (Å²) >= 11 is 5.81. The van der Waals surface area contributed by atoms with E-state index in [-0.39, 0.29) is 17.5 Å². The zero-order valence-electron chi connectivity index (χ0n) is 14.7. The van der Waals surface area contributed by atoms with E-state index in [9.17, 15) is 30.7 Å². The summed E-state index contributed by atoms with van der Waals surface area (Å²) in [4.78, 5) is 7.79. The highest BCUT2D eigenvalue weighted by Crippen LogP contribution is 2.47. The van der Waals surface area contributed by atoms with Gasteiger partial charge in [-0.3, -0.25) is 4.99 Å². The SMILES string of the molecule is Cn1cc(C(F)(F)F)cc(OC(F)F)c1=NC1CCC(F)(F)c2c1ccnc2Cl. The number of fused-ring (bicyclic) bond motifs is 1. The fourth-order valence-corrected chi connectivity index (χ4v) is 3.45. The number of nitrogens with zero attached hydrogens (tertiary/aromatic N) is 3. The van der Waals surface area contributed by atoms with Crippen molar-refractivity contribution in [3.63, 3.8) is 0 Å². The second-order valence-electron chi connectivity index (χ2n) is 6.36. The fraction of sp³-hybridized carbons (Fsp3) is 0.412. The molecule has 4 nitrogen and oxygen atoms in total. The predicted molar refractivity (Wildman–Crippen MR) is 87.7 cm³/mol. The average molecular weight is 444 g/mol. The van der Waals surface area contributed by atoms with Crippen LogP contribution in [0.2, 0.25) is 5.15 Å². The number of alkyl halides is 7. The van der Waals surface area contributed by atoms with E-state index in [1.54, 1.807) is 0 Å². The number of ether oxygens (including phenoxy) is 1. The predicted octanol–water partition coefficient (Wildman–Crippen LogP) is 5.22. The van der Waals surface area contributed by atoms with Crippen LogP contribution < -0.4 is 10.2 Å². The first-order valence-corrected chi connectivity index (χ1v) is 8.57. The first-order valence-electron chi connectivity index (χ1n) is 8.19. The summed E-state index contributed by atoms with van der Waals surface area (Å²) in [6.07, 6.45) is -3.80. The molecule has 12 heteroatoms. The Bertz CT molecular complexity index is 988.